The number of aromatic nitrogens is 2. The Morgan fingerprint density at radius 2 is 2.20 bits per heavy atom. The van der Waals surface area contributed by atoms with Gasteiger partial charge in [0.2, 0.25) is 0 Å². The third kappa shape index (κ3) is 3.01. The lowest BCUT2D eigenvalue weighted by atomic mass is 10.3. The van der Waals surface area contributed by atoms with Crippen molar-refractivity contribution < 1.29 is 19.1 Å². The lowest BCUT2D eigenvalue weighted by Crippen LogP contribution is -2.16. The molecule has 0 amide bonds. The zero-order valence-corrected chi connectivity index (χ0v) is 11.5. The minimum atomic E-state index is -0.583. The maximum atomic E-state index is 11.8. The Labute approximate surface area is 116 Å². The van der Waals surface area contributed by atoms with Gasteiger partial charge in [-0.3, -0.25) is 4.79 Å². The molecule has 8 heteroatoms. The molecule has 1 heterocycles. The highest BCUT2D eigenvalue weighted by molar-refractivity contribution is 5.99. The van der Waals surface area contributed by atoms with Gasteiger partial charge in [0.05, 0.1) is 13.7 Å². The van der Waals surface area contributed by atoms with Gasteiger partial charge in [0.25, 0.3) is 0 Å². The van der Waals surface area contributed by atoms with Gasteiger partial charge < -0.3 is 20.5 Å². The van der Waals surface area contributed by atoms with Crippen LogP contribution in [0.25, 0.3) is 0 Å². The van der Waals surface area contributed by atoms with E-state index < -0.39 is 11.9 Å². The Hall–Kier alpha value is -2.25. The number of carbonyl (C=O) groups is 2. The van der Waals surface area contributed by atoms with Crippen LogP contribution < -0.4 is 11.1 Å². The molecule has 0 spiro atoms. The normalized spacial score (nSPS) is 13.9. The average Bonchev–Trinajstić information content (AvgIpc) is 3.16. The van der Waals surface area contributed by atoms with Crippen LogP contribution in [0.5, 0.6) is 0 Å². The molecule has 1 fully saturated rings. The van der Waals surface area contributed by atoms with Crippen LogP contribution in [0.2, 0.25) is 0 Å². The molecule has 0 unspecified atom stereocenters. The highest BCUT2D eigenvalue weighted by Crippen LogP contribution is 2.29. The number of esters is 2. The first kappa shape index (κ1) is 14.2. The largest absolute Gasteiger partial charge is 0.465 e. The van der Waals surface area contributed by atoms with Crippen molar-refractivity contribution in [1.82, 2.24) is 9.78 Å². The Morgan fingerprint density at radius 3 is 2.75 bits per heavy atom. The highest BCUT2D eigenvalue weighted by atomic mass is 16.5. The van der Waals surface area contributed by atoms with Crippen LogP contribution >= 0.6 is 0 Å². The number of nitrogens with one attached hydrogen (secondary N) is 1. The fourth-order valence-corrected chi connectivity index (χ4v) is 1.75. The number of carbonyl (C=O) groups excluding carboxylic acids is 2. The lowest BCUT2D eigenvalue weighted by Gasteiger charge is -2.04. The van der Waals surface area contributed by atoms with E-state index in [1.165, 1.54) is 11.8 Å². The first-order valence-electron chi connectivity index (χ1n) is 6.43. The molecule has 1 aromatic heterocycles. The van der Waals surface area contributed by atoms with Crippen molar-refractivity contribution in [3.05, 3.63) is 5.56 Å². The Bertz CT molecular complexity index is 522. The molecule has 8 nitrogen and oxygen atoms in total. The summed E-state index contributed by atoms with van der Waals surface area (Å²) in [6, 6.07) is 0.295. The molecule has 0 aliphatic heterocycles. The minimum Gasteiger partial charge on any atom is -0.465 e. The van der Waals surface area contributed by atoms with Crippen LogP contribution in [-0.2, 0) is 20.8 Å². The van der Waals surface area contributed by atoms with Crippen molar-refractivity contribution in [2.45, 2.75) is 32.4 Å². The van der Waals surface area contributed by atoms with Gasteiger partial charge in [0.1, 0.15) is 17.9 Å². The second kappa shape index (κ2) is 5.81. The van der Waals surface area contributed by atoms with Crippen molar-refractivity contribution in [3.63, 3.8) is 0 Å². The first-order valence-corrected chi connectivity index (χ1v) is 6.43. The number of hydrogen-bond acceptors (Lipinski definition) is 7. The standard InChI is InChI=1S/C12H18N4O4/c1-3-20-8(17)6-16-10(13)9(12(18)19-2)11(15-16)14-7-4-5-7/h7H,3-6,13H2,1-2H3,(H,14,15). The smallest absolute Gasteiger partial charge is 0.345 e. The number of ether oxygens (including phenoxy) is 2. The van der Waals surface area contributed by atoms with E-state index in [4.69, 9.17) is 15.2 Å². The summed E-state index contributed by atoms with van der Waals surface area (Å²) in [5.41, 5.74) is 6.03. The van der Waals surface area contributed by atoms with Gasteiger partial charge in [-0.05, 0) is 19.8 Å². The van der Waals surface area contributed by atoms with E-state index in [1.807, 2.05) is 0 Å². The predicted octanol–water partition coefficient (Wildman–Crippen LogP) is 0.389. The number of nitrogens with two attached hydrogens (primary N) is 1. The van der Waals surface area contributed by atoms with Gasteiger partial charge in [-0.15, -0.1) is 0 Å². The van der Waals surface area contributed by atoms with Gasteiger partial charge in [0.15, 0.2) is 5.82 Å². The third-order valence-electron chi connectivity index (χ3n) is 2.88. The fraction of sp³-hybridized carbons (Fsp3) is 0.583. The second-order valence-corrected chi connectivity index (χ2v) is 4.48. The van der Waals surface area contributed by atoms with Crippen molar-refractivity contribution in [2.24, 2.45) is 0 Å². The number of rotatable bonds is 6. The quantitative estimate of drug-likeness (QED) is 0.726. The molecular weight excluding hydrogens is 264 g/mol. The molecule has 110 valence electrons. The molecule has 0 radical (unpaired) electrons. The van der Waals surface area contributed by atoms with Gasteiger partial charge in [0, 0.05) is 6.04 Å². The molecule has 20 heavy (non-hydrogen) atoms. The predicted molar refractivity (Wildman–Crippen MR) is 71.3 cm³/mol. The summed E-state index contributed by atoms with van der Waals surface area (Å²) in [4.78, 5) is 23.3. The van der Waals surface area contributed by atoms with E-state index in [0.717, 1.165) is 12.8 Å². The zero-order chi connectivity index (χ0) is 14.7. The Balaban J connectivity index is 2.25. The van der Waals surface area contributed by atoms with E-state index in [-0.39, 0.29) is 24.5 Å². The molecule has 1 aliphatic rings. The first-order chi connectivity index (χ1) is 9.56. The van der Waals surface area contributed by atoms with E-state index in [9.17, 15) is 9.59 Å². The molecule has 0 bridgehead atoms. The van der Waals surface area contributed by atoms with Crippen LogP contribution in [0.1, 0.15) is 30.1 Å². The highest BCUT2D eigenvalue weighted by Gasteiger charge is 2.29. The van der Waals surface area contributed by atoms with Crippen LogP contribution in [0.3, 0.4) is 0 Å². The summed E-state index contributed by atoms with van der Waals surface area (Å²) in [6.45, 7) is 1.84. The van der Waals surface area contributed by atoms with Crippen LogP contribution in [-0.4, -0.2) is 41.5 Å². The molecule has 1 saturated carbocycles. The number of nitrogen functional groups attached to an aromatic ring is 1. The summed E-state index contributed by atoms with van der Waals surface area (Å²) >= 11 is 0. The number of nitrogens with zero attached hydrogens (tertiary/aromatic N) is 2. The second-order valence-electron chi connectivity index (χ2n) is 4.48. The SMILES string of the molecule is CCOC(=O)Cn1nc(NC2CC2)c(C(=O)OC)c1N. The van der Waals surface area contributed by atoms with E-state index >= 15 is 0 Å². The molecule has 2 rings (SSSR count). The topological polar surface area (TPSA) is 108 Å². The number of methoxy groups -OCH3 is 1. The molecule has 3 N–H and O–H groups in total. The summed E-state index contributed by atoms with van der Waals surface area (Å²) in [7, 11) is 1.27. The maximum Gasteiger partial charge on any atom is 0.345 e. The Morgan fingerprint density at radius 1 is 1.50 bits per heavy atom. The average molecular weight is 282 g/mol. The van der Waals surface area contributed by atoms with Crippen molar-refractivity contribution >= 4 is 23.6 Å². The molecule has 1 aromatic rings. The number of hydrogen-bond donors (Lipinski definition) is 2. The molecule has 0 saturated heterocycles. The number of anilines is 2. The third-order valence-corrected chi connectivity index (χ3v) is 2.88. The van der Waals surface area contributed by atoms with E-state index in [2.05, 4.69) is 10.4 Å². The van der Waals surface area contributed by atoms with Gasteiger partial charge >= 0.3 is 11.9 Å². The monoisotopic (exact) mass is 282 g/mol. The van der Waals surface area contributed by atoms with Crippen molar-refractivity contribution in [3.8, 4) is 0 Å². The minimum absolute atomic E-state index is 0.0908. The summed E-state index contributed by atoms with van der Waals surface area (Å²) < 4.78 is 10.8. The summed E-state index contributed by atoms with van der Waals surface area (Å²) in [5, 5.41) is 7.26. The van der Waals surface area contributed by atoms with Crippen LogP contribution in [0, 0.1) is 0 Å². The summed E-state index contributed by atoms with van der Waals surface area (Å²) in [6.07, 6.45) is 2.04. The van der Waals surface area contributed by atoms with Crippen LogP contribution in [0.4, 0.5) is 11.6 Å². The Kier molecular flexibility index (Phi) is 4.11. The van der Waals surface area contributed by atoms with E-state index in [1.54, 1.807) is 6.92 Å². The van der Waals surface area contributed by atoms with Crippen molar-refractivity contribution in [1.29, 1.82) is 0 Å². The van der Waals surface area contributed by atoms with Gasteiger partial charge in [-0.1, -0.05) is 0 Å². The molecule has 1 aliphatic carbocycles. The lowest BCUT2D eigenvalue weighted by molar-refractivity contribution is -0.144. The molecule has 0 atom stereocenters. The maximum absolute atomic E-state index is 11.8. The van der Waals surface area contributed by atoms with Crippen molar-refractivity contribution in [2.75, 3.05) is 24.8 Å². The molecule has 0 aromatic carbocycles. The zero-order valence-electron chi connectivity index (χ0n) is 11.5. The van der Waals surface area contributed by atoms with Gasteiger partial charge in [-0.25, -0.2) is 9.48 Å². The fourth-order valence-electron chi connectivity index (χ4n) is 1.75. The van der Waals surface area contributed by atoms with Gasteiger partial charge in [-0.2, -0.15) is 5.10 Å². The van der Waals surface area contributed by atoms with E-state index in [0.29, 0.717) is 11.9 Å². The summed E-state index contributed by atoms with van der Waals surface area (Å²) in [5.74, 6) is -0.606. The molecular formula is C12H18N4O4. The van der Waals surface area contributed by atoms with Crippen LogP contribution in [0.15, 0.2) is 0 Å².